The van der Waals surface area contributed by atoms with E-state index in [1.807, 2.05) is 43.9 Å². The zero-order valence-corrected chi connectivity index (χ0v) is 13.9. The first kappa shape index (κ1) is 15.5. The summed E-state index contributed by atoms with van der Waals surface area (Å²) in [5, 5.41) is 8.19. The highest BCUT2D eigenvalue weighted by Gasteiger charge is 2.24. The molecule has 5 heteroatoms. The third-order valence-electron chi connectivity index (χ3n) is 4.26. The molecule has 120 valence electrons. The van der Waals surface area contributed by atoms with Crippen LogP contribution < -0.4 is 0 Å². The van der Waals surface area contributed by atoms with Crippen LogP contribution in [0.4, 0.5) is 0 Å². The molecular formula is C18H22N4O. The Morgan fingerprint density at radius 3 is 2.52 bits per heavy atom. The second kappa shape index (κ2) is 6.36. The predicted molar refractivity (Wildman–Crippen MR) is 90.1 cm³/mol. The summed E-state index contributed by atoms with van der Waals surface area (Å²) < 4.78 is 1.79. The van der Waals surface area contributed by atoms with E-state index in [1.54, 1.807) is 4.68 Å². The lowest BCUT2D eigenvalue weighted by molar-refractivity contribution is 0.0766. The first-order chi connectivity index (χ1) is 11.1. The molecule has 23 heavy (non-hydrogen) atoms. The minimum Gasteiger partial charge on any atom is -0.333 e. The van der Waals surface area contributed by atoms with Gasteiger partial charge in [-0.15, -0.1) is 5.10 Å². The fourth-order valence-electron chi connectivity index (χ4n) is 2.95. The minimum atomic E-state index is -0.0299. The van der Waals surface area contributed by atoms with Gasteiger partial charge in [-0.25, -0.2) is 4.68 Å². The van der Waals surface area contributed by atoms with Gasteiger partial charge in [-0.2, -0.15) is 0 Å². The smallest absolute Gasteiger partial charge is 0.276 e. The Labute approximate surface area is 136 Å². The number of carbonyl (C=O) groups is 1. The lowest BCUT2D eigenvalue weighted by Crippen LogP contribution is -2.35. The van der Waals surface area contributed by atoms with Gasteiger partial charge in [0.15, 0.2) is 5.69 Å². The van der Waals surface area contributed by atoms with E-state index in [2.05, 4.69) is 28.5 Å². The Morgan fingerprint density at radius 1 is 1.22 bits per heavy atom. The number of rotatable bonds is 3. The van der Waals surface area contributed by atoms with E-state index in [1.165, 1.54) is 11.1 Å². The molecule has 0 bridgehead atoms. The molecule has 1 aromatic heterocycles. The topological polar surface area (TPSA) is 51.0 Å². The molecule has 1 aromatic carbocycles. The molecule has 0 radical (unpaired) electrons. The maximum Gasteiger partial charge on any atom is 0.276 e. The van der Waals surface area contributed by atoms with E-state index in [9.17, 15) is 4.79 Å². The molecule has 1 aliphatic heterocycles. The molecule has 2 aromatic rings. The van der Waals surface area contributed by atoms with Gasteiger partial charge in [-0.1, -0.05) is 41.6 Å². The van der Waals surface area contributed by atoms with E-state index >= 15 is 0 Å². The van der Waals surface area contributed by atoms with E-state index in [0.29, 0.717) is 18.8 Å². The number of hydrogen-bond donors (Lipinski definition) is 0. The average molecular weight is 310 g/mol. The second-order valence-corrected chi connectivity index (χ2v) is 6.16. The highest BCUT2D eigenvalue weighted by Crippen LogP contribution is 2.23. The lowest BCUT2D eigenvalue weighted by Gasteiger charge is -2.26. The summed E-state index contributed by atoms with van der Waals surface area (Å²) in [7, 11) is 0. The molecule has 0 spiro atoms. The van der Waals surface area contributed by atoms with Crippen molar-refractivity contribution in [1.29, 1.82) is 0 Å². The van der Waals surface area contributed by atoms with Crippen LogP contribution in [0.2, 0.25) is 0 Å². The van der Waals surface area contributed by atoms with Crippen LogP contribution in [0, 0.1) is 6.92 Å². The molecule has 0 saturated carbocycles. The van der Waals surface area contributed by atoms with Crippen LogP contribution >= 0.6 is 0 Å². The number of aromatic nitrogens is 3. The van der Waals surface area contributed by atoms with Gasteiger partial charge >= 0.3 is 0 Å². The van der Waals surface area contributed by atoms with Gasteiger partial charge in [-0.3, -0.25) is 4.79 Å². The van der Waals surface area contributed by atoms with Crippen molar-refractivity contribution in [1.82, 2.24) is 19.9 Å². The van der Waals surface area contributed by atoms with Crippen LogP contribution in [0.1, 0.15) is 48.1 Å². The largest absolute Gasteiger partial charge is 0.333 e. The van der Waals surface area contributed by atoms with Crippen LogP contribution in [0.15, 0.2) is 36.4 Å². The molecule has 0 aliphatic carbocycles. The zero-order valence-electron chi connectivity index (χ0n) is 13.9. The molecule has 5 nitrogen and oxygen atoms in total. The number of benzene rings is 1. The summed E-state index contributed by atoms with van der Waals surface area (Å²) >= 11 is 0. The van der Waals surface area contributed by atoms with Crippen LogP contribution in [0.25, 0.3) is 5.57 Å². The third kappa shape index (κ3) is 3.04. The van der Waals surface area contributed by atoms with E-state index in [-0.39, 0.29) is 11.9 Å². The summed E-state index contributed by atoms with van der Waals surface area (Å²) in [6, 6.07) is 10.5. The van der Waals surface area contributed by atoms with E-state index in [4.69, 9.17) is 0 Å². The van der Waals surface area contributed by atoms with Crippen molar-refractivity contribution in [2.75, 3.05) is 13.1 Å². The Hall–Kier alpha value is -2.43. The average Bonchev–Trinajstić information content (AvgIpc) is 2.97. The van der Waals surface area contributed by atoms with Crippen LogP contribution in [-0.2, 0) is 0 Å². The monoisotopic (exact) mass is 310 g/mol. The van der Waals surface area contributed by atoms with E-state index in [0.717, 1.165) is 12.1 Å². The quantitative estimate of drug-likeness (QED) is 0.875. The molecule has 0 N–H and O–H groups in total. The first-order valence-corrected chi connectivity index (χ1v) is 8.03. The maximum absolute atomic E-state index is 12.7. The molecule has 0 unspecified atom stereocenters. The van der Waals surface area contributed by atoms with Gasteiger partial charge in [0.2, 0.25) is 0 Å². The van der Waals surface area contributed by atoms with Crippen molar-refractivity contribution in [3.8, 4) is 0 Å². The van der Waals surface area contributed by atoms with Crippen molar-refractivity contribution in [3.63, 3.8) is 0 Å². The molecule has 0 saturated heterocycles. The Balaban J connectivity index is 1.75. The molecule has 1 amide bonds. The Bertz CT molecular complexity index is 731. The van der Waals surface area contributed by atoms with Crippen molar-refractivity contribution >= 4 is 11.5 Å². The molecule has 0 atom stereocenters. The second-order valence-electron chi connectivity index (χ2n) is 6.16. The van der Waals surface area contributed by atoms with Crippen molar-refractivity contribution in [3.05, 3.63) is 53.4 Å². The minimum absolute atomic E-state index is 0.0299. The number of carbonyl (C=O) groups excluding carboxylic acids is 1. The molecular weight excluding hydrogens is 288 g/mol. The summed E-state index contributed by atoms with van der Waals surface area (Å²) in [5.74, 6) is -0.0299. The van der Waals surface area contributed by atoms with Crippen molar-refractivity contribution in [2.24, 2.45) is 0 Å². The van der Waals surface area contributed by atoms with Crippen molar-refractivity contribution in [2.45, 2.75) is 33.2 Å². The fourth-order valence-corrected chi connectivity index (χ4v) is 2.95. The predicted octanol–water partition coefficient (Wildman–Crippen LogP) is 3.10. The number of nitrogens with zero attached hydrogens (tertiary/aromatic N) is 4. The van der Waals surface area contributed by atoms with Gasteiger partial charge in [0, 0.05) is 19.1 Å². The van der Waals surface area contributed by atoms with E-state index < -0.39 is 0 Å². The summed E-state index contributed by atoms with van der Waals surface area (Å²) in [4.78, 5) is 14.5. The first-order valence-electron chi connectivity index (χ1n) is 8.03. The maximum atomic E-state index is 12.7. The van der Waals surface area contributed by atoms with Crippen LogP contribution in [0.3, 0.4) is 0 Å². The highest BCUT2D eigenvalue weighted by atomic mass is 16.2. The Kier molecular flexibility index (Phi) is 4.28. The molecule has 0 fully saturated rings. The summed E-state index contributed by atoms with van der Waals surface area (Å²) in [6.07, 6.45) is 3.01. The third-order valence-corrected chi connectivity index (χ3v) is 4.26. The number of amides is 1. The normalized spacial score (nSPS) is 15.0. The van der Waals surface area contributed by atoms with Gasteiger partial charge in [0.25, 0.3) is 5.91 Å². The number of hydrogen-bond acceptors (Lipinski definition) is 3. The van der Waals surface area contributed by atoms with Gasteiger partial charge in [0.1, 0.15) is 0 Å². The summed E-state index contributed by atoms with van der Waals surface area (Å²) in [6.45, 7) is 7.31. The van der Waals surface area contributed by atoms with Crippen molar-refractivity contribution < 1.29 is 4.79 Å². The molecule has 1 aliphatic rings. The highest BCUT2D eigenvalue weighted by molar-refractivity contribution is 5.93. The molecule has 3 rings (SSSR count). The van der Waals surface area contributed by atoms with Crippen LogP contribution in [-0.4, -0.2) is 38.9 Å². The SMILES string of the molecule is Cc1c(C(=O)N2CC=C(c3ccccc3)CC2)nnn1C(C)C. The van der Waals surface area contributed by atoms with Gasteiger partial charge in [-0.05, 0) is 38.3 Å². The lowest BCUT2D eigenvalue weighted by atomic mass is 9.99. The van der Waals surface area contributed by atoms with Gasteiger partial charge < -0.3 is 4.90 Å². The Morgan fingerprint density at radius 2 is 1.96 bits per heavy atom. The van der Waals surface area contributed by atoms with Crippen LogP contribution in [0.5, 0.6) is 0 Å². The summed E-state index contributed by atoms with van der Waals surface area (Å²) in [5.41, 5.74) is 3.84. The zero-order chi connectivity index (χ0) is 16.4. The standard InChI is InChI=1S/C18H22N4O/c1-13(2)22-14(3)17(19-20-22)18(23)21-11-9-16(10-12-21)15-7-5-4-6-8-15/h4-9,13H,10-12H2,1-3H3. The molecule has 2 heterocycles. The van der Waals surface area contributed by atoms with Gasteiger partial charge in [0.05, 0.1) is 5.69 Å². The fraction of sp³-hybridized carbons (Fsp3) is 0.389.